The van der Waals surface area contributed by atoms with E-state index in [4.69, 9.17) is 25.5 Å². The van der Waals surface area contributed by atoms with Crippen LogP contribution in [0.4, 0.5) is 20.6 Å². The molecule has 9 nitrogen and oxygen atoms in total. The fourth-order valence-electron chi connectivity index (χ4n) is 2.30. The Bertz CT molecular complexity index is 1060. The number of aliphatic hydroxyl groups is 2. The number of carbonyl (C=O) groups excluding carboxylic acids is 1. The van der Waals surface area contributed by atoms with E-state index in [1.807, 2.05) is 5.48 Å². The van der Waals surface area contributed by atoms with Crippen LogP contribution in [0, 0.1) is 18.2 Å². The van der Waals surface area contributed by atoms with Gasteiger partial charge in [0.15, 0.2) is 0 Å². The summed E-state index contributed by atoms with van der Waals surface area (Å²) in [4.78, 5) is 20.6. The maximum absolute atomic E-state index is 14.3. The molecule has 0 saturated heterocycles. The third-order valence-electron chi connectivity index (χ3n) is 3.68. The molecule has 0 saturated carbocycles. The van der Waals surface area contributed by atoms with E-state index in [1.165, 1.54) is 30.6 Å². The molecule has 2 heterocycles. The van der Waals surface area contributed by atoms with E-state index < -0.39 is 24.6 Å². The third-order valence-corrected chi connectivity index (χ3v) is 3.68. The monoisotopic (exact) mass is 401 g/mol. The van der Waals surface area contributed by atoms with E-state index in [2.05, 4.69) is 16.2 Å². The second-order valence-corrected chi connectivity index (χ2v) is 5.74. The van der Waals surface area contributed by atoms with Crippen LogP contribution < -0.4 is 15.5 Å². The summed E-state index contributed by atoms with van der Waals surface area (Å²) in [6.07, 6.45) is 5.96. The van der Waals surface area contributed by atoms with Gasteiger partial charge < -0.3 is 24.7 Å². The van der Waals surface area contributed by atoms with Crippen LogP contribution in [0.3, 0.4) is 0 Å². The summed E-state index contributed by atoms with van der Waals surface area (Å²) in [6.45, 7) is -0.890. The Kier molecular flexibility index (Phi) is 6.25. The Morgan fingerprint density at radius 1 is 1.41 bits per heavy atom. The summed E-state index contributed by atoms with van der Waals surface area (Å²) >= 11 is 0. The number of aromatic nitrogens is 1. The zero-order valence-corrected chi connectivity index (χ0v) is 14.9. The van der Waals surface area contributed by atoms with Gasteiger partial charge in [-0.2, -0.15) is 5.48 Å². The standard InChI is InChI=1S/C19H16FN3O6/c1-2-11-3-4-15(14(20)7-11)22-17-13-8-21-6-5-16(13)28-18(17)29-19(26)23-27-10-12(25)9-24/h1,3-8,12,22,24-25H,9-10H2,(H,23,26)/t12-/m1/s1. The van der Waals surface area contributed by atoms with Gasteiger partial charge in [0, 0.05) is 18.0 Å². The molecule has 1 aromatic carbocycles. The molecular weight excluding hydrogens is 385 g/mol. The smallest absolute Gasteiger partial charge is 0.424 e. The van der Waals surface area contributed by atoms with Crippen LogP contribution in [0.25, 0.3) is 11.0 Å². The molecule has 10 heteroatoms. The zero-order valence-electron chi connectivity index (χ0n) is 14.9. The molecule has 2 aromatic heterocycles. The highest BCUT2D eigenvalue weighted by Crippen LogP contribution is 2.39. The van der Waals surface area contributed by atoms with E-state index in [0.29, 0.717) is 16.5 Å². The van der Waals surface area contributed by atoms with Gasteiger partial charge in [-0.15, -0.1) is 6.42 Å². The number of pyridine rings is 1. The average Bonchev–Trinajstić information content (AvgIpc) is 3.06. The Balaban J connectivity index is 1.83. The maximum Gasteiger partial charge on any atom is 0.439 e. The van der Waals surface area contributed by atoms with Crippen molar-refractivity contribution in [3.8, 4) is 18.3 Å². The molecule has 1 amide bonds. The SMILES string of the molecule is C#Cc1ccc(Nc2c(OC(=O)NOC[C@H](O)CO)oc3ccncc23)c(F)c1. The van der Waals surface area contributed by atoms with Gasteiger partial charge in [-0.05, 0) is 24.3 Å². The maximum atomic E-state index is 14.3. The fourth-order valence-corrected chi connectivity index (χ4v) is 2.30. The highest BCUT2D eigenvalue weighted by atomic mass is 19.1. The highest BCUT2D eigenvalue weighted by Gasteiger charge is 2.20. The van der Waals surface area contributed by atoms with Crippen molar-refractivity contribution < 1.29 is 33.4 Å². The molecule has 0 fully saturated rings. The van der Waals surface area contributed by atoms with E-state index in [1.54, 1.807) is 6.07 Å². The van der Waals surface area contributed by atoms with Gasteiger partial charge in [-0.25, -0.2) is 9.18 Å². The Morgan fingerprint density at radius 2 is 2.24 bits per heavy atom. The number of fused-ring (bicyclic) bond motifs is 1. The quantitative estimate of drug-likeness (QED) is 0.350. The minimum atomic E-state index is -1.17. The topological polar surface area (TPSA) is 126 Å². The van der Waals surface area contributed by atoms with Gasteiger partial charge in [0.2, 0.25) is 0 Å². The summed E-state index contributed by atoms with van der Waals surface area (Å²) in [5.74, 6) is 1.45. The summed E-state index contributed by atoms with van der Waals surface area (Å²) in [5, 5.41) is 21.1. The number of hydrogen-bond acceptors (Lipinski definition) is 8. The van der Waals surface area contributed by atoms with Gasteiger partial charge in [0.1, 0.15) is 29.8 Å². The average molecular weight is 401 g/mol. The first kappa shape index (κ1) is 20.1. The number of furan rings is 1. The van der Waals surface area contributed by atoms with E-state index in [-0.39, 0.29) is 23.9 Å². The van der Waals surface area contributed by atoms with Gasteiger partial charge >= 0.3 is 12.0 Å². The number of nitrogens with one attached hydrogen (secondary N) is 2. The van der Waals surface area contributed by atoms with Crippen molar-refractivity contribution in [3.63, 3.8) is 0 Å². The lowest BCUT2D eigenvalue weighted by Crippen LogP contribution is -2.31. The molecule has 0 spiro atoms. The van der Waals surface area contributed by atoms with E-state index in [0.717, 1.165) is 0 Å². The van der Waals surface area contributed by atoms with Crippen LogP contribution in [-0.2, 0) is 4.84 Å². The minimum Gasteiger partial charge on any atom is -0.424 e. The molecule has 0 aliphatic heterocycles. The molecule has 3 aromatic rings. The number of hydroxylamine groups is 1. The molecule has 3 rings (SSSR count). The van der Waals surface area contributed by atoms with Crippen molar-refractivity contribution in [2.45, 2.75) is 6.10 Å². The number of amides is 1. The summed E-state index contributed by atoms with van der Waals surface area (Å²) in [6, 6.07) is 5.69. The van der Waals surface area contributed by atoms with Crippen molar-refractivity contribution >= 4 is 28.4 Å². The molecule has 0 aliphatic carbocycles. The van der Waals surface area contributed by atoms with E-state index in [9.17, 15) is 14.3 Å². The molecule has 0 aliphatic rings. The number of ether oxygens (including phenoxy) is 1. The number of aliphatic hydroxyl groups excluding tert-OH is 2. The van der Waals surface area contributed by atoms with Crippen molar-refractivity contribution in [1.29, 1.82) is 0 Å². The van der Waals surface area contributed by atoms with Crippen molar-refractivity contribution in [3.05, 3.63) is 48.0 Å². The zero-order chi connectivity index (χ0) is 20.8. The molecular formula is C19H16FN3O6. The summed E-state index contributed by atoms with van der Waals surface area (Å²) in [7, 11) is 0. The number of terminal acetylenes is 1. The molecule has 0 bridgehead atoms. The molecule has 29 heavy (non-hydrogen) atoms. The second-order valence-electron chi connectivity index (χ2n) is 5.74. The number of carbonyl (C=O) groups is 1. The number of benzene rings is 1. The Labute approximate surface area is 164 Å². The van der Waals surface area contributed by atoms with Crippen molar-refractivity contribution in [1.82, 2.24) is 10.5 Å². The normalized spacial score (nSPS) is 11.7. The lowest BCUT2D eigenvalue weighted by atomic mass is 10.2. The number of anilines is 2. The van der Waals surface area contributed by atoms with Crippen LogP contribution in [-0.4, -0.2) is 40.6 Å². The van der Waals surface area contributed by atoms with Crippen LogP contribution in [0.15, 0.2) is 41.1 Å². The third kappa shape index (κ3) is 4.80. The number of hydrogen-bond donors (Lipinski definition) is 4. The van der Waals surface area contributed by atoms with Gasteiger partial charge in [-0.1, -0.05) is 5.92 Å². The first-order valence-corrected chi connectivity index (χ1v) is 8.30. The largest absolute Gasteiger partial charge is 0.439 e. The van der Waals surface area contributed by atoms with Gasteiger partial charge in [0.05, 0.1) is 17.7 Å². The molecule has 0 radical (unpaired) electrons. The summed E-state index contributed by atoms with van der Waals surface area (Å²) in [5.41, 5.74) is 2.86. The van der Waals surface area contributed by atoms with Gasteiger partial charge in [0.25, 0.3) is 0 Å². The van der Waals surface area contributed by atoms with Crippen molar-refractivity contribution in [2.75, 3.05) is 18.5 Å². The first-order valence-electron chi connectivity index (χ1n) is 8.30. The summed E-state index contributed by atoms with van der Waals surface area (Å²) < 4.78 is 24.9. The lowest BCUT2D eigenvalue weighted by molar-refractivity contribution is -0.0297. The van der Waals surface area contributed by atoms with Crippen LogP contribution in [0.5, 0.6) is 5.95 Å². The van der Waals surface area contributed by atoms with Crippen molar-refractivity contribution in [2.24, 2.45) is 0 Å². The lowest BCUT2D eigenvalue weighted by Gasteiger charge is -2.10. The van der Waals surface area contributed by atoms with Crippen LogP contribution in [0.1, 0.15) is 5.56 Å². The Morgan fingerprint density at radius 3 is 2.97 bits per heavy atom. The Hall–Kier alpha value is -3.65. The molecule has 1 atom stereocenters. The van der Waals surface area contributed by atoms with Crippen LogP contribution >= 0.6 is 0 Å². The van der Waals surface area contributed by atoms with E-state index >= 15 is 0 Å². The number of nitrogens with zero attached hydrogens (tertiary/aromatic N) is 1. The fraction of sp³-hybridized carbons (Fsp3) is 0.158. The van der Waals surface area contributed by atoms with Crippen LogP contribution in [0.2, 0.25) is 0 Å². The first-order chi connectivity index (χ1) is 14.0. The predicted octanol–water partition coefficient (Wildman–Crippen LogP) is 2.06. The van der Waals surface area contributed by atoms with Gasteiger partial charge in [-0.3, -0.25) is 9.82 Å². The predicted molar refractivity (Wildman–Crippen MR) is 99.8 cm³/mol. The number of rotatable bonds is 7. The minimum absolute atomic E-state index is 0.0723. The number of halogens is 1. The highest BCUT2D eigenvalue weighted by molar-refractivity contribution is 5.96. The molecule has 150 valence electrons. The second kappa shape index (κ2) is 9.03. The molecule has 4 N–H and O–H groups in total. The molecule has 0 unspecified atom stereocenters.